The molecule has 0 N–H and O–H groups in total. The van der Waals surface area contributed by atoms with Crippen molar-refractivity contribution >= 4 is 5.91 Å². The predicted molar refractivity (Wildman–Crippen MR) is 95.5 cm³/mol. The molecule has 0 radical (unpaired) electrons. The Morgan fingerprint density at radius 1 is 1.19 bits per heavy atom. The van der Waals surface area contributed by atoms with Gasteiger partial charge in [-0.3, -0.25) is 14.8 Å². The normalized spacial score (nSPS) is 21.8. The third-order valence-corrected chi connectivity index (χ3v) is 5.26. The molecule has 4 rings (SSSR count). The molecule has 0 aliphatic carbocycles. The van der Waals surface area contributed by atoms with Crippen LogP contribution in [0.1, 0.15) is 35.3 Å². The van der Waals surface area contributed by atoms with Crippen molar-refractivity contribution in [1.29, 1.82) is 0 Å². The first kappa shape index (κ1) is 17.1. The van der Waals surface area contributed by atoms with Crippen LogP contribution in [0.15, 0.2) is 48.9 Å². The molecule has 2 saturated heterocycles. The minimum absolute atomic E-state index is 0.00364. The fourth-order valence-corrected chi connectivity index (χ4v) is 3.72. The summed E-state index contributed by atoms with van der Waals surface area (Å²) in [6, 6.07) is 9.36. The molecule has 0 aromatic carbocycles. The Morgan fingerprint density at radius 3 is 2.73 bits per heavy atom. The largest absolute Gasteiger partial charge is 0.372 e. The second-order valence-corrected chi connectivity index (χ2v) is 6.99. The fraction of sp³-hybridized carbons (Fsp3) is 0.450. The first-order valence-electron chi connectivity index (χ1n) is 9.09. The van der Waals surface area contributed by atoms with Crippen LogP contribution in [0.2, 0.25) is 0 Å². The van der Waals surface area contributed by atoms with Crippen LogP contribution in [0.3, 0.4) is 0 Å². The fourth-order valence-electron chi connectivity index (χ4n) is 3.72. The summed E-state index contributed by atoms with van der Waals surface area (Å²) >= 11 is 0. The molecule has 2 aliphatic heterocycles. The smallest absolute Gasteiger partial charge is 0.272 e. The molecule has 1 amide bonds. The van der Waals surface area contributed by atoms with E-state index >= 15 is 0 Å². The summed E-state index contributed by atoms with van der Waals surface area (Å²) in [5, 5.41) is 0. The van der Waals surface area contributed by atoms with Gasteiger partial charge in [-0.2, -0.15) is 0 Å². The van der Waals surface area contributed by atoms with E-state index in [-0.39, 0.29) is 17.6 Å². The van der Waals surface area contributed by atoms with E-state index < -0.39 is 0 Å². The van der Waals surface area contributed by atoms with Gasteiger partial charge < -0.3 is 14.4 Å². The van der Waals surface area contributed by atoms with Gasteiger partial charge in [0.1, 0.15) is 5.69 Å². The zero-order chi connectivity index (χ0) is 17.8. The summed E-state index contributed by atoms with van der Waals surface area (Å²) in [7, 11) is 0. The summed E-state index contributed by atoms with van der Waals surface area (Å²) < 4.78 is 12.1. The Hall–Kier alpha value is -2.31. The van der Waals surface area contributed by atoms with Gasteiger partial charge in [-0.25, -0.2) is 0 Å². The highest BCUT2D eigenvalue weighted by atomic mass is 16.6. The second-order valence-electron chi connectivity index (χ2n) is 6.99. The van der Waals surface area contributed by atoms with E-state index in [1.165, 1.54) is 0 Å². The van der Waals surface area contributed by atoms with E-state index in [1.54, 1.807) is 24.7 Å². The van der Waals surface area contributed by atoms with E-state index in [2.05, 4.69) is 9.97 Å². The zero-order valence-electron chi connectivity index (χ0n) is 14.7. The van der Waals surface area contributed by atoms with Gasteiger partial charge in [-0.05, 0) is 42.7 Å². The van der Waals surface area contributed by atoms with Crippen molar-refractivity contribution in [3.63, 3.8) is 0 Å². The van der Waals surface area contributed by atoms with Gasteiger partial charge in [0.15, 0.2) is 0 Å². The average Bonchev–Trinajstić information content (AvgIpc) is 3.10. The SMILES string of the molecule is O=C(c1ccccn1)N1CCC2(CC1)C[C@H](OCc1ccncc1)CO2. The lowest BCUT2D eigenvalue weighted by Gasteiger charge is -2.38. The molecule has 4 heterocycles. The van der Waals surface area contributed by atoms with E-state index in [0.717, 1.165) is 24.8 Å². The molecule has 2 aromatic heterocycles. The molecule has 2 fully saturated rings. The number of pyridine rings is 2. The maximum atomic E-state index is 12.5. The van der Waals surface area contributed by atoms with E-state index in [4.69, 9.17) is 9.47 Å². The topological polar surface area (TPSA) is 64.6 Å². The van der Waals surface area contributed by atoms with Crippen molar-refractivity contribution in [2.45, 2.75) is 37.6 Å². The Labute approximate surface area is 153 Å². The first-order valence-corrected chi connectivity index (χ1v) is 9.09. The lowest BCUT2D eigenvalue weighted by molar-refractivity contribution is -0.0413. The highest BCUT2D eigenvalue weighted by molar-refractivity contribution is 5.92. The van der Waals surface area contributed by atoms with Gasteiger partial charge in [0, 0.05) is 38.1 Å². The van der Waals surface area contributed by atoms with Gasteiger partial charge in [0.25, 0.3) is 5.91 Å². The van der Waals surface area contributed by atoms with Crippen LogP contribution in [0.25, 0.3) is 0 Å². The van der Waals surface area contributed by atoms with Crippen molar-refractivity contribution in [1.82, 2.24) is 14.9 Å². The van der Waals surface area contributed by atoms with Crippen LogP contribution >= 0.6 is 0 Å². The quantitative estimate of drug-likeness (QED) is 0.845. The van der Waals surface area contributed by atoms with E-state index in [9.17, 15) is 4.79 Å². The molecule has 1 atom stereocenters. The highest BCUT2D eigenvalue weighted by Gasteiger charge is 2.44. The number of hydrogen-bond acceptors (Lipinski definition) is 5. The minimum atomic E-state index is -0.149. The maximum Gasteiger partial charge on any atom is 0.272 e. The number of likely N-dealkylation sites (tertiary alicyclic amines) is 1. The molecule has 136 valence electrons. The molecular weight excluding hydrogens is 330 g/mol. The zero-order valence-corrected chi connectivity index (χ0v) is 14.7. The molecular formula is C20H23N3O3. The molecule has 6 nitrogen and oxygen atoms in total. The number of nitrogens with zero attached hydrogens (tertiary/aromatic N) is 3. The Morgan fingerprint density at radius 2 is 2.00 bits per heavy atom. The van der Waals surface area contributed by atoms with Crippen LogP contribution < -0.4 is 0 Å². The number of amides is 1. The van der Waals surface area contributed by atoms with Crippen molar-refractivity contribution in [3.05, 3.63) is 60.2 Å². The lowest BCUT2D eigenvalue weighted by atomic mass is 9.88. The van der Waals surface area contributed by atoms with Gasteiger partial charge in [0.05, 0.1) is 24.9 Å². The Balaban J connectivity index is 1.28. The predicted octanol–water partition coefficient (Wildman–Crippen LogP) is 2.46. The number of carbonyl (C=O) groups excluding carboxylic acids is 1. The van der Waals surface area contributed by atoms with Gasteiger partial charge in [0.2, 0.25) is 0 Å². The van der Waals surface area contributed by atoms with Crippen LogP contribution in [0.4, 0.5) is 0 Å². The van der Waals surface area contributed by atoms with Crippen molar-refractivity contribution in [2.75, 3.05) is 19.7 Å². The summed E-state index contributed by atoms with van der Waals surface area (Å²) in [5.74, 6) is 0.00364. The van der Waals surface area contributed by atoms with Crippen LogP contribution in [-0.4, -0.2) is 52.2 Å². The molecule has 2 aromatic rings. The highest BCUT2D eigenvalue weighted by Crippen LogP contribution is 2.37. The second kappa shape index (κ2) is 7.51. The minimum Gasteiger partial charge on any atom is -0.372 e. The summed E-state index contributed by atoms with van der Waals surface area (Å²) in [6.45, 7) is 2.61. The van der Waals surface area contributed by atoms with Crippen molar-refractivity contribution < 1.29 is 14.3 Å². The molecule has 0 saturated carbocycles. The molecule has 26 heavy (non-hydrogen) atoms. The third-order valence-electron chi connectivity index (χ3n) is 5.26. The van der Waals surface area contributed by atoms with Gasteiger partial charge in [-0.1, -0.05) is 6.07 Å². The summed E-state index contributed by atoms with van der Waals surface area (Å²) in [4.78, 5) is 22.6. The van der Waals surface area contributed by atoms with E-state index in [0.29, 0.717) is 32.0 Å². The average molecular weight is 353 g/mol. The molecule has 2 aliphatic rings. The maximum absolute atomic E-state index is 12.5. The van der Waals surface area contributed by atoms with Crippen LogP contribution in [0.5, 0.6) is 0 Å². The van der Waals surface area contributed by atoms with Crippen molar-refractivity contribution in [3.8, 4) is 0 Å². The molecule has 0 bridgehead atoms. The number of aromatic nitrogens is 2. The molecule has 0 unspecified atom stereocenters. The lowest BCUT2D eigenvalue weighted by Crippen LogP contribution is -2.46. The number of piperidine rings is 1. The Kier molecular flexibility index (Phi) is 4.95. The summed E-state index contributed by atoms with van der Waals surface area (Å²) in [6.07, 6.45) is 7.91. The van der Waals surface area contributed by atoms with Gasteiger partial charge >= 0.3 is 0 Å². The number of ether oxygens (including phenoxy) is 2. The molecule has 6 heteroatoms. The Bertz CT molecular complexity index is 730. The van der Waals surface area contributed by atoms with Crippen molar-refractivity contribution in [2.24, 2.45) is 0 Å². The number of rotatable bonds is 4. The molecule has 1 spiro atoms. The number of carbonyl (C=O) groups is 1. The van der Waals surface area contributed by atoms with Gasteiger partial charge in [-0.15, -0.1) is 0 Å². The third kappa shape index (κ3) is 3.76. The van der Waals surface area contributed by atoms with Crippen LogP contribution in [0, 0.1) is 0 Å². The van der Waals surface area contributed by atoms with E-state index in [1.807, 2.05) is 29.2 Å². The van der Waals surface area contributed by atoms with Crippen LogP contribution in [-0.2, 0) is 16.1 Å². The monoisotopic (exact) mass is 353 g/mol. The number of hydrogen-bond donors (Lipinski definition) is 0. The first-order chi connectivity index (χ1) is 12.7. The summed E-state index contributed by atoms with van der Waals surface area (Å²) in [5.41, 5.74) is 1.48. The standard InChI is InChI=1S/C20H23N3O3/c24-19(18-3-1-2-8-22-18)23-11-6-20(7-12-23)13-17(15-26-20)25-14-16-4-9-21-10-5-16/h1-5,8-10,17H,6-7,11-15H2/t17-/m0/s1.